The fraction of sp³-hybridized carbons (Fsp3) is 0.474. The van der Waals surface area contributed by atoms with Crippen LogP contribution in [0.2, 0.25) is 5.02 Å². The summed E-state index contributed by atoms with van der Waals surface area (Å²) in [5.41, 5.74) is 5.64. The van der Waals surface area contributed by atoms with Crippen molar-refractivity contribution in [2.24, 2.45) is 0 Å². The number of carbonyl (C=O) groups excluding carboxylic acids is 1. The molecule has 0 fully saturated rings. The molecule has 128 valence electrons. The molecule has 1 unspecified atom stereocenters. The van der Waals surface area contributed by atoms with Crippen molar-refractivity contribution in [1.29, 1.82) is 0 Å². The average Bonchev–Trinajstić information content (AvgIpc) is 2.81. The highest BCUT2D eigenvalue weighted by Crippen LogP contribution is 2.25. The number of aryl methyl sites for hydroxylation is 3. The Morgan fingerprint density at radius 1 is 1.29 bits per heavy atom. The van der Waals surface area contributed by atoms with Gasteiger partial charge < -0.3 is 5.32 Å². The standard InChI is InChI=1S/C19H24ClN3O/c1-12(16-9-8-15-6-4-5-7-17(15)10-16)21-18(24)11-23-14(3)19(20)13(2)22-23/h8-10,12H,4-7,11H2,1-3H3,(H,21,24). The second kappa shape index (κ2) is 6.98. The number of hydrogen-bond acceptors (Lipinski definition) is 2. The molecule has 3 rings (SSSR count). The van der Waals surface area contributed by atoms with Crippen molar-refractivity contribution in [3.63, 3.8) is 0 Å². The van der Waals surface area contributed by atoms with Crippen molar-refractivity contribution in [2.75, 3.05) is 0 Å². The number of benzene rings is 1. The molecule has 5 heteroatoms. The van der Waals surface area contributed by atoms with Crippen molar-refractivity contribution in [3.05, 3.63) is 51.3 Å². The van der Waals surface area contributed by atoms with Crippen LogP contribution < -0.4 is 5.32 Å². The number of fused-ring (bicyclic) bond motifs is 1. The van der Waals surface area contributed by atoms with Gasteiger partial charge in [-0.05, 0) is 63.1 Å². The zero-order valence-electron chi connectivity index (χ0n) is 14.5. The Morgan fingerprint density at radius 3 is 2.67 bits per heavy atom. The second-order valence-corrected chi connectivity index (χ2v) is 7.04. The van der Waals surface area contributed by atoms with E-state index in [4.69, 9.17) is 11.6 Å². The highest BCUT2D eigenvalue weighted by molar-refractivity contribution is 6.31. The van der Waals surface area contributed by atoms with E-state index in [1.807, 2.05) is 20.8 Å². The molecule has 0 saturated carbocycles. The first-order valence-electron chi connectivity index (χ1n) is 8.56. The lowest BCUT2D eigenvalue weighted by Gasteiger charge is -2.20. The van der Waals surface area contributed by atoms with Gasteiger partial charge in [0.1, 0.15) is 6.54 Å². The topological polar surface area (TPSA) is 46.9 Å². The van der Waals surface area contributed by atoms with Gasteiger partial charge in [-0.1, -0.05) is 29.8 Å². The summed E-state index contributed by atoms with van der Waals surface area (Å²) in [7, 11) is 0. The van der Waals surface area contributed by atoms with Crippen LogP contribution in [-0.4, -0.2) is 15.7 Å². The summed E-state index contributed by atoms with van der Waals surface area (Å²) in [6.45, 7) is 5.94. The second-order valence-electron chi connectivity index (χ2n) is 6.67. The molecule has 0 aliphatic heterocycles. The molecule has 1 aromatic carbocycles. The molecule has 1 aromatic heterocycles. The van der Waals surface area contributed by atoms with E-state index in [2.05, 4.69) is 28.6 Å². The van der Waals surface area contributed by atoms with Crippen LogP contribution >= 0.6 is 11.6 Å². The maximum absolute atomic E-state index is 12.3. The van der Waals surface area contributed by atoms with Gasteiger partial charge in [0.05, 0.1) is 22.5 Å². The van der Waals surface area contributed by atoms with E-state index in [0.717, 1.165) is 23.4 Å². The number of amides is 1. The number of nitrogens with zero attached hydrogens (tertiary/aromatic N) is 2. The lowest BCUT2D eigenvalue weighted by Crippen LogP contribution is -2.30. The molecule has 1 atom stereocenters. The van der Waals surface area contributed by atoms with Gasteiger partial charge >= 0.3 is 0 Å². The van der Waals surface area contributed by atoms with Gasteiger partial charge in [0.2, 0.25) is 5.91 Å². The van der Waals surface area contributed by atoms with Gasteiger partial charge in [-0.3, -0.25) is 9.48 Å². The summed E-state index contributed by atoms with van der Waals surface area (Å²) in [5.74, 6) is -0.0533. The zero-order valence-corrected chi connectivity index (χ0v) is 15.3. The van der Waals surface area contributed by atoms with Gasteiger partial charge in [0.15, 0.2) is 0 Å². The molecule has 2 aromatic rings. The SMILES string of the molecule is Cc1nn(CC(=O)NC(C)c2ccc3c(c2)CCCC3)c(C)c1Cl. The molecule has 1 N–H and O–H groups in total. The van der Waals surface area contributed by atoms with Crippen molar-refractivity contribution in [3.8, 4) is 0 Å². The van der Waals surface area contributed by atoms with Crippen LogP contribution in [0.25, 0.3) is 0 Å². The van der Waals surface area contributed by atoms with Gasteiger partial charge in [0.25, 0.3) is 0 Å². The highest BCUT2D eigenvalue weighted by Gasteiger charge is 2.16. The molecule has 4 nitrogen and oxygen atoms in total. The van der Waals surface area contributed by atoms with Crippen molar-refractivity contribution in [1.82, 2.24) is 15.1 Å². The lowest BCUT2D eigenvalue weighted by atomic mass is 9.89. The number of rotatable bonds is 4. The Kier molecular flexibility index (Phi) is 4.95. The monoisotopic (exact) mass is 345 g/mol. The Hall–Kier alpha value is -1.81. The third kappa shape index (κ3) is 3.48. The first-order chi connectivity index (χ1) is 11.5. The minimum absolute atomic E-state index is 0.0165. The van der Waals surface area contributed by atoms with E-state index in [0.29, 0.717) is 5.02 Å². The third-order valence-corrected chi connectivity index (χ3v) is 5.38. The predicted octanol–water partition coefficient (Wildman–Crippen LogP) is 3.91. The van der Waals surface area contributed by atoms with Crippen LogP contribution in [0.3, 0.4) is 0 Å². The number of carbonyl (C=O) groups is 1. The molecule has 0 radical (unpaired) electrons. The van der Waals surface area contributed by atoms with E-state index in [1.54, 1.807) is 4.68 Å². The zero-order chi connectivity index (χ0) is 17.3. The maximum Gasteiger partial charge on any atom is 0.242 e. The summed E-state index contributed by atoms with van der Waals surface area (Å²) in [5, 5.41) is 8.01. The fourth-order valence-corrected chi connectivity index (χ4v) is 3.49. The highest BCUT2D eigenvalue weighted by atomic mass is 35.5. The maximum atomic E-state index is 12.3. The third-order valence-electron chi connectivity index (χ3n) is 4.84. The van der Waals surface area contributed by atoms with Gasteiger partial charge in [-0.25, -0.2) is 0 Å². The Morgan fingerprint density at radius 2 is 2.00 bits per heavy atom. The van der Waals surface area contributed by atoms with Crippen molar-refractivity contribution >= 4 is 17.5 Å². The number of nitrogens with one attached hydrogen (secondary N) is 1. The molecule has 1 aliphatic carbocycles. The smallest absolute Gasteiger partial charge is 0.242 e. The number of halogens is 1. The Balaban J connectivity index is 1.66. The molecule has 0 saturated heterocycles. The van der Waals surface area contributed by atoms with Gasteiger partial charge in [-0.15, -0.1) is 0 Å². The summed E-state index contributed by atoms with van der Waals surface area (Å²) in [6, 6.07) is 6.58. The van der Waals surface area contributed by atoms with Crippen LogP contribution in [-0.2, 0) is 24.2 Å². The van der Waals surface area contributed by atoms with Crippen LogP contribution in [0.5, 0.6) is 0 Å². The summed E-state index contributed by atoms with van der Waals surface area (Å²) in [4.78, 5) is 12.3. The van der Waals surface area contributed by atoms with Crippen LogP contribution in [0.15, 0.2) is 18.2 Å². The van der Waals surface area contributed by atoms with Gasteiger partial charge in [-0.2, -0.15) is 5.10 Å². The van der Waals surface area contributed by atoms with Crippen LogP contribution in [0.4, 0.5) is 0 Å². The normalized spacial score (nSPS) is 15.0. The molecule has 1 aliphatic rings. The van der Waals surface area contributed by atoms with E-state index >= 15 is 0 Å². The average molecular weight is 346 g/mol. The lowest BCUT2D eigenvalue weighted by molar-refractivity contribution is -0.122. The summed E-state index contributed by atoms with van der Waals surface area (Å²) >= 11 is 6.14. The molecule has 0 spiro atoms. The van der Waals surface area contributed by atoms with E-state index in [9.17, 15) is 4.79 Å². The summed E-state index contributed by atoms with van der Waals surface area (Å²) in [6.07, 6.45) is 4.86. The van der Waals surface area contributed by atoms with E-state index in [1.165, 1.54) is 30.4 Å². The minimum Gasteiger partial charge on any atom is -0.348 e. The van der Waals surface area contributed by atoms with Crippen LogP contribution in [0, 0.1) is 13.8 Å². The van der Waals surface area contributed by atoms with Crippen molar-refractivity contribution in [2.45, 2.75) is 59.0 Å². The molecule has 0 bridgehead atoms. The van der Waals surface area contributed by atoms with E-state index < -0.39 is 0 Å². The molecule has 24 heavy (non-hydrogen) atoms. The first kappa shape index (κ1) is 17.0. The van der Waals surface area contributed by atoms with Gasteiger partial charge in [0, 0.05) is 0 Å². The molecule has 1 amide bonds. The predicted molar refractivity (Wildman–Crippen MR) is 96.4 cm³/mol. The van der Waals surface area contributed by atoms with E-state index in [-0.39, 0.29) is 18.5 Å². The number of hydrogen-bond donors (Lipinski definition) is 1. The number of aromatic nitrogens is 2. The Bertz CT molecular complexity index is 766. The summed E-state index contributed by atoms with van der Waals surface area (Å²) < 4.78 is 1.66. The molecular weight excluding hydrogens is 322 g/mol. The molecular formula is C19H24ClN3O. The molecule has 1 heterocycles. The quantitative estimate of drug-likeness (QED) is 0.913. The van der Waals surface area contributed by atoms with Crippen LogP contribution in [0.1, 0.15) is 53.9 Å². The fourth-order valence-electron chi connectivity index (χ4n) is 3.36. The Labute approximate surface area is 148 Å². The van der Waals surface area contributed by atoms with Crippen molar-refractivity contribution < 1.29 is 4.79 Å². The largest absolute Gasteiger partial charge is 0.348 e. The minimum atomic E-state index is -0.0533. The first-order valence-corrected chi connectivity index (χ1v) is 8.94.